The highest BCUT2D eigenvalue weighted by Gasteiger charge is 2.31. The third kappa shape index (κ3) is 4.38. The monoisotopic (exact) mass is 540 g/mol. The number of carbonyl (C=O) groups excluding carboxylic acids is 1. The van der Waals surface area contributed by atoms with Crippen LogP contribution in [0, 0.1) is 5.82 Å². The molecule has 3 heterocycles. The Morgan fingerprint density at radius 2 is 1.85 bits per heavy atom. The number of aryl methyl sites for hydroxylation is 1. The predicted molar refractivity (Wildman–Crippen MR) is 150 cm³/mol. The van der Waals surface area contributed by atoms with E-state index in [0.717, 1.165) is 27.6 Å². The van der Waals surface area contributed by atoms with Gasteiger partial charge in [-0.05, 0) is 54.3 Å². The van der Waals surface area contributed by atoms with Gasteiger partial charge < -0.3 is 29.4 Å². The van der Waals surface area contributed by atoms with Crippen molar-refractivity contribution in [3.8, 4) is 34.1 Å². The Labute approximate surface area is 230 Å². The van der Waals surface area contributed by atoms with Crippen molar-refractivity contribution in [2.24, 2.45) is 0 Å². The smallest absolute Gasteiger partial charge is 0.272 e. The maximum Gasteiger partial charge on any atom is 0.272 e. The van der Waals surface area contributed by atoms with Crippen LogP contribution < -0.4 is 14.8 Å². The van der Waals surface area contributed by atoms with Crippen LogP contribution in [0.1, 0.15) is 21.6 Å². The largest absolute Gasteiger partial charge is 0.493 e. The summed E-state index contributed by atoms with van der Waals surface area (Å²) in [5.41, 5.74) is 4.52. The molecule has 3 N–H and O–H groups in total. The van der Waals surface area contributed by atoms with Crippen molar-refractivity contribution >= 4 is 16.8 Å². The lowest BCUT2D eigenvalue weighted by atomic mass is 9.99. The van der Waals surface area contributed by atoms with Gasteiger partial charge in [0.15, 0.2) is 17.2 Å². The van der Waals surface area contributed by atoms with E-state index in [0.29, 0.717) is 42.4 Å². The number of hydrogen-bond donors (Lipinski definition) is 3. The molecule has 6 rings (SSSR count). The van der Waals surface area contributed by atoms with Crippen LogP contribution in [0.5, 0.6) is 11.5 Å². The molecule has 1 atom stereocenters. The molecule has 1 amide bonds. The summed E-state index contributed by atoms with van der Waals surface area (Å²) in [6.07, 6.45) is 2.94. The van der Waals surface area contributed by atoms with Gasteiger partial charge in [-0.25, -0.2) is 9.37 Å². The van der Waals surface area contributed by atoms with E-state index in [1.54, 1.807) is 32.4 Å². The van der Waals surface area contributed by atoms with Crippen molar-refractivity contribution < 1.29 is 23.8 Å². The number of nitrogens with zero attached hydrogens (tertiary/aromatic N) is 2. The van der Waals surface area contributed by atoms with Crippen LogP contribution in [-0.2, 0) is 19.4 Å². The minimum atomic E-state index is -0.574. The van der Waals surface area contributed by atoms with E-state index in [1.807, 2.05) is 47.2 Å². The van der Waals surface area contributed by atoms with Crippen LogP contribution in [0.3, 0.4) is 0 Å². The topological polar surface area (TPSA) is 101 Å². The molecule has 3 aromatic carbocycles. The van der Waals surface area contributed by atoms with Crippen LogP contribution in [0.15, 0.2) is 66.9 Å². The zero-order chi connectivity index (χ0) is 27.8. The first kappa shape index (κ1) is 25.6. The maximum absolute atomic E-state index is 15.2. The van der Waals surface area contributed by atoms with E-state index in [4.69, 9.17) is 14.5 Å². The summed E-state index contributed by atoms with van der Waals surface area (Å²) >= 11 is 0. The first-order valence-corrected chi connectivity index (χ1v) is 13.1. The summed E-state index contributed by atoms with van der Waals surface area (Å²) in [6.45, 7) is 0.230. The van der Waals surface area contributed by atoms with E-state index in [-0.39, 0.29) is 17.9 Å². The molecule has 0 saturated heterocycles. The number of aromatic amines is 1. The second-order valence-electron chi connectivity index (χ2n) is 9.80. The summed E-state index contributed by atoms with van der Waals surface area (Å²) in [7, 11) is 3.15. The second kappa shape index (κ2) is 10.5. The number of nitrogens with one attached hydrogen (secondary N) is 2. The highest BCUT2D eigenvalue weighted by atomic mass is 19.1. The van der Waals surface area contributed by atoms with E-state index in [1.165, 1.54) is 6.07 Å². The Hall–Kier alpha value is -4.63. The van der Waals surface area contributed by atoms with Crippen LogP contribution in [0.25, 0.3) is 33.5 Å². The van der Waals surface area contributed by atoms with E-state index in [9.17, 15) is 9.90 Å². The number of aliphatic hydroxyl groups is 1. The van der Waals surface area contributed by atoms with Crippen LogP contribution in [-0.4, -0.2) is 52.4 Å². The molecule has 0 unspecified atom stereocenters. The third-order valence-corrected chi connectivity index (χ3v) is 7.46. The number of ether oxygens (including phenoxy) is 2. The fourth-order valence-corrected chi connectivity index (χ4v) is 5.51. The van der Waals surface area contributed by atoms with Crippen LogP contribution >= 0.6 is 0 Å². The van der Waals surface area contributed by atoms with Crippen molar-refractivity contribution in [2.45, 2.75) is 25.4 Å². The number of methoxy groups -OCH3 is 2. The molecule has 0 aliphatic carbocycles. The van der Waals surface area contributed by atoms with Gasteiger partial charge in [-0.1, -0.05) is 30.3 Å². The Morgan fingerprint density at radius 1 is 1.10 bits per heavy atom. The second-order valence-corrected chi connectivity index (χ2v) is 9.80. The van der Waals surface area contributed by atoms with E-state index < -0.39 is 17.8 Å². The van der Waals surface area contributed by atoms with Gasteiger partial charge in [-0.15, -0.1) is 0 Å². The quantitative estimate of drug-likeness (QED) is 0.264. The van der Waals surface area contributed by atoms with Crippen molar-refractivity contribution in [1.82, 2.24) is 19.9 Å². The number of halogens is 1. The molecule has 2 aromatic heterocycles. The molecule has 0 radical (unpaired) electrons. The minimum Gasteiger partial charge on any atom is -0.493 e. The molecule has 0 fully saturated rings. The number of amides is 1. The fourth-order valence-electron chi connectivity index (χ4n) is 5.51. The number of para-hydroxylation sites is 1. The van der Waals surface area contributed by atoms with Crippen molar-refractivity contribution in [3.05, 3.63) is 89.5 Å². The number of fused-ring (bicyclic) bond motifs is 4. The molecule has 8 nitrogen and oxygen atoms in total. The molecule has 1 aliphatic heterocycles. The van der Waals surface area contributed by atoms with Crippen molar-refractivity contribution in [2.75, 3.05) is 20.8 Å². The molecule has 9 heteroatoms. The van der Waals surface area contributed by atoms with Gasteiger partial charge in [0.05, 0.1) is 32.6 Å². The molecule has 40 heavy (non-hydrogen) atoms. The number of carbonyl (C=O) groups is 1. The fraction of sp³-hybridized carbons (Fsp3) is 0.226. The minimum absolute atomic E-state index is 0.0973. The highest BCUT2D eigenvalue weighted by Crippen LogP contribution is 2.41. The van der Waals surface area contributed by atoms with Crippen molar-refractivity contribution in [3.63, 3.8) is 0 Å². The standard InChI is InChI=1S/C31H29FN4O4/c1-39-26-14-18-11-12-36-29(22-8-3-5-9-24(22)32)28(35-30(36)23(18)15-27(26)40-2)31(38)34-20(17-37)13-19-16-33-25-10-6-4-7-21(19)25/h3-10,14-16,20,33,37H,11-13,17H2,1-2H3,(H,34,38)/t20-/m1/s1. The number of imidazole rings is 1. The summed E-state index contributed by atoms with van der Waals surface area (Å²) in [5, 5.41) is 14.2. The van der Waals surface area contributed by atoms with Gasteiger partial charge in [-0.3, -0.25) is 4.79 Å². The Bertz CT molecular complexity index is 1720. The Balaban J connectivity index is 1.41. The van der Waals surface area contributed by atoms with E-state index in [2.05, 4.69) is 10.3 Å². The zero-order valence-electron chi connectivity index (χ0n) is 22.2. The highest BCUT2D eigenvalue weighted by molar-refractivity contribution is 6.00. The SMILES string of the molecule is COc1cc2c(cc1OC)-c1nc(C(=O)N[C@@H](CO)Cc3c[nH]c4ccccc34)c(-c3ccccc3F)n1CC2. The van der Waals surface area contributed by atoms with Gasteiger partial charge in [0.25, 0.3) is 5.91 Å². The summed E-state index contributed by atoms with van der Waals surface area (Å²) in [5.74, 6) is 0.755. The van der Waals surface area contributed by atoms with Gasteiger partial charge in [0.1, 0.15) is 11.6 Å². The first-order valence-electron chi connectivity index (χ1n) is 13.1. The number of rotatable bonds is 8. The van der Waals surface area contributed by atoms with Gasteiger partial charge in [-0.2, -0.15) is 0 Å². The number of aromatic nitrogens is 3. The molecular weight excluding hydrogens is 511 g/mol. The summed E-state index contributed by atoms with van der Waals surface area (Å²) < 4.78 is 28.0. The third-order valence-electron chi connectivity index (χ3n) is 7.46. The summed E-state index contributed by atoms with van der Waals surface area (Å²) in [4.78, 5) is 21.8. The number of H-pyrrole nitrogens is 1. The van der Waals surface area contributed by atoms with E-state index >= 15 is 4.39 Å². The van der Waals surface area contributed by atoms with Crippen LogP contribution in [0.2, 0.25) is 0 Å². The number of aliphatic hydroxyl groups excluding tert-OH is 1. The molecule has 0 spiro atoms. The Morgan fingerprint density at radius 3 is 2.62 bits per heavy atom. The molecule has 5 aromatic rings. The van der Waals surface area contributed by atoms with Crippen molar-refractivity contribution in [1.29, 1.82) is 0 Å². The van der Waals surface area contributed by atoms with Gasteiger partial charge in [0, 0.05) is 34.8 Å². The normalized spacial score (nSPS) is 13.0. The maximum atomic E-state index is 15.2. The first-order chi connectivity index (χ1) is 19.5. The molecule has 204 valence electrons. The Kier molecular flexibility index (Phi) is 6.73. The lowest BCUT2D eigenvalue weighted by Crippen LogP contribution is -2.39. The average Bonchev–Trinajstić information content (AvgIpc) is 3.58. The lowest BCUT2D eigenvalue weighted by molar-refractivity contribution is 0.0912. The molecule has 0 saturated carbocycles. The zero-order valence-corrected chi connectivity index (χ0v) is 22.2. The summed E-state index contributed by atoms with van der Waals surface area (Å²) in [6, 6.07) is 17.4. The number of benzene rings is 3. The molecule has 1 aliphatic rings. The average molecular weight is 541 g/mol. The molecule has 0 bridgehead atoms. The van der Waals surface area contributed by atoms with Gasteiger partial charge in [0.2, 0.25) is 0 Å². The predicted octanol–water partition coefficient (Wildman–Crippen LogP) is 4.74. The number of hydrogen-bond acceptors (Lipinski definition) is 5. The van der Waals surface area contributed by atoms with Crippen LogP contribution in [0.4, 0.5) is 4.39 Å². The van der Waals surface area contributed by atoms with Gasteiger partial charge >= 0.3 is 0 Å². The lowest BCUT2D eigenvalue weighted by Gasteiger charge is -2.22. The molecular formula is C31H29FN4O4.